The van der Waals surface area contributed by atoms with Crippen LogP contribution in [-0.2, 0) is 4.74 Å². The van der Waals surface area contributed by atoms with Crippen LogP contribution in [0.5, 0.6) is 0 Å². The lowest BCUT2D eigenvalue weighted by molar-refractivity contribution is 0.217. The Labute approximate surface area is 58.3 Å². The van der Waals surface area contributed by atoms with Gasteiger partial charge in [-0.3, -0.25) is 0 Å². The van der Waals surface area contributed by atoms with E-state index >= 15 is 0 Å². The van der Waals surface area contributed by atoms with E-state index < -0.39 is 6.10 Å². The van der Waals surface area contributed by atoms with Crippen LogP contribution >= 0.6 is 11.6 Å². The van der Waals surface area contributed by atoms with Crippen LogP contribution in [0.15, 0.2) is 4.99 Å². The van der Waals surface area contributed by atoms with Crippen LogP contribution in [0, 0.1) is 0 Å². The zero-order valence-electron chi connectivity index (χ0n) is 4.88. The van der Waals surface area contributed by atoms with E-state index in [2.05, 4.69) is 4.99 Å². The van der Waals surface area contributed by atoms with Crippen LogP contribution in [0.3, 0.4) is 0 Å². The Morgan fingerprint density at radius 2 is 2.67 bits per heavy atom. The molecule has 0 fully saturated rings. The molecule has 1 rings (SSSR count). The molecule has 1 aliphatic rings. The van der Waals surface area contributed by atoms with Crippen molar-refractivity contribution in [2.24, 2.45) is 4.99 Å². The van der Waals surface area contributed by atoms with Crippen LogP contribution in [0.1, 0.15) is 0 Å². The number of ether oxygens (including phenoxy) is 1. The molecule has 0 spiro atoms. The van der Waals surface area contributed by atoms with E-state index in [4.69, 9.17) is 21.4 Å². The quantitative estimate of drug-likeness (QED) is 0.563. The Balaban J connectivity index is 2.40. The largest absolute Gasteiger partial charge is 0.477 e. The maximum absolute atomic E-state index is 8.97. The average Bonchev–Trinajstić information content (AvgIpc) is 2.37. The van der Waals surface area contributed by atoms with Crippen molar-refractivity contribution in [1.82, 2.24) is 0 Å². The molecule has 52 valence electrons. The molecule has 0 radical (unpaired) electrons. The summed E-state index contributed by atoms with van der Waals surface area (Å²) in [6.45, 7) is 1.21. The molecule has 9 heavy (non-hydrogen) atoms. The van der Waals surface area contributed by atoms with E-state index in [0.29, 0.717) is 19.0 Å². The highest BCUT2D eigenvalue weighted by molar-refractivity contribution is 6.19. The van der Waals surface area contributed by atoms with Gasteiger partial charge in [0.1, 0.15) is 12.7 Å². The number of aliphatic imine (C=N–C) groups is 1. The Kier molecular flexibility index (Phi) is 2.30. The summed E-state index contributed by atoms with van der Waals surface area (Å²) in [6.07, 6.45) is -0.714. The van der Waals surface area contributed by atoms with Crippen LogP contribution in [0.4, 0.5) is 0 Å². The second kappa shape index (κ2) is 3.03. The molecular weight excluding hydrogens is 142 g/mol. The Bertz CT molecular complexity index is 126. The molecule has 1 atom stereocenters. The van der Waals surface area contributed by atoms with Crippen molar-refractivity contribution in [3.8, 4) is 0 Å². The van der Waals surface area contributed by atoms with Crippen molar-refractivity contribution < 1.29 is 9.84 Å². The number of alkyl halides is 1. The number of hydrogen-bond acceptors (Lipinski definition) is 3. The van der Waals surface area contributed by atoms with Crippen LogP contribution < -0.4 is 0 Å². The number of rotatable bonds is 2. The summed E-state index contributed by atoms with van der Waals surface area (Å²) in [6, 6.07) is 0. The molecular formula is C5H8ClNO2. The second-order valence-corrected chi connectivity index (χ2v) is 2.05. The van der Waals surface area contributed by atoms with Crippen molar-refractivity contribution >= 4 is 17.5 Å². The molecule has 0 saturated heterocycles. The maximum atomic E-state index is 8.97. The molecule has 1 unspecified atom stereocenters. The first-order valence-electron chi connectivity index (χ1n) is 2.76. The van der Waals surface area contributed by atoms with Gasteiger partial charge in [0.25, 0.3) is 0 Å². The molecule has 0 aromatic carbocycles. The molecule has 0 aromatic heterocycles. The molecule has 1 aliphatic heterocycles. The van der Waals surface area contributed by atoms with E-state index in [1.807, 2.05) is 0 Å². The summed E-state index contributed by atoms with van der Waals surface area (Å²) >= 11 is 5.32. The first-order valence-corrected chi connectivity index (χ1v) is 3.29. The number of halogens is 1. The van der Waals surface area contributed by atoms with Crippen molar-refractivity contribution in [2.75, 3.05) is 19.0 Å². The topological polar surface area (TPSA) is 41.8 Å². The summed E-state index contributed by atoms with van der Waals surface area (Å²) in [5, 5.41) is 8.97. The number of nitrogens with zero attached hydrogens (tertiary/aromatic N) is 1. The van der Waals surface area contributed by atoms with E-state index in [9.17, 15) is 0 Å². The third kappa shape index (κ3) is 1.56. The molecule has 0 aromatic rings. The van der Waals surface area contributed by atoms with Crippen molar-refractivity contribution in [3.05, 3.63) is 0 Å². The lowest BCUT2D eigenvalue weighted by Gasteiger charge is -2.04. The zero-order valence-corrected chi connectivity index (χ0v) is 5.64. The smallest absolute Gasteiger partial charge is 0.214 e. The van der Waals surface area contributed by atoms with Gasteiger partial charge in [-0.25, -0.2) is 4.99 Å². The van der Waals surface area contributed by atoms with Crippen molar-refractivity contribution in [1.29, 1.82) is 0 Å². The molecule has 0 amide bonds. The maximum Gasteiger partial charge on any atom is 0.214 e. The highest BCUT2D eigenvalue weighted by Gasteiger charge is 2.15. The number of aliphatic hydroxyl groups excluding tert-OH is 1. The fourth-order valence-electron chi connectivity index (χ4n) is 0.619. The SMILES string of the molecule is OC(CCl)C1=NCCO1. The van der Waals surface area contributed by atoms with Crippen LogP contribution in [0.2, 0.25) is 0 Å². The monoisotopic (exact) mass is 149 g/mol. The minimum Gasteiger partial charge on any atom is -0.477 e. The standard InChI is InChI=1S/C5H8ClNO2/c6-3-4(8)5-7-1-2-9-5/h4,8H,1-3H2. The Hall–Kier alpha value is -0.280. The highest BCUT2D eigenvalue weighted by atomic mass is 35.5. The first kappa shape index (κ1) is 6.83. The summed E-state index contributed by atoms with van der Waals surface area (Å²) < 4.78 is 4.92. The third-order valence-corrected chi connectivity index (χ3v) is 1.33. The second-order valence-electron chi connectivity index (χ2n) is 1.74. The lowest BCUT2D eigenvalue weighted by Crippen LogP contribution is -2.21. The van der Waals surface area contributed by atoms with Crippen molar-refractivity contribution in [2.45, 2.75) is 6.10 Å². The molecule has 0 saturated carbocycles. The van der Waals surface area contributed by atoms with Crippen LogP contribution in [0.25, 0.3) is 0 Å². The van der Waals surface area contributed by atoms with Crippen molar-refractivity contribution in [3.63, 3.8) is 0 Å². The molecule has 1 heterocycles. The van der Waals surface area contributed by atoms with Gasteiger partial charge in [0.15, 0.2) is 0 Å². The lowest BCUT2D eigenvalue weighted by atomic mass is 10.4. The van der Waals surface area contributed by atoms with Gasteiger partial charge in [0.05, 0.1) is 12.4 Å². The zero-order chi connectivity index (χ0) is 6.69. The number of aliphatic hydroxyl groups is 1. The Morgan fingerprint density at radius 1 is 1.89 bits per heavy atom. The van der Waals surface area contributed by atoms with Gasteiger partial charge < -0.3 is 9.84 Å². The van der Waals surface area contributed by atoms with Gasteiger partial charge in [-0.1, -0.05) is 0 Å². The summed E-state index contributed by atoms with van der Waals surface area (Å²) in [7, 11) is 0. The van der Waals surface area contributed by atoms with E-state index in [0.717, 1.165) is 0 Å². The summed E-state index contributed by atoms with van der Waals surface area (Å²) in [4.78, 5) is 3.87. The normalized spacial score (nSPS) is 20.9. The fourth-order valence-corrected chi connectivity index (χ4v) is 0.751. The van der Waals surface area contributed by atoms with E-state index in [1.165, 1.54) is 0 Å². The molecule has 4 heteroatoms. The highest BCUT2D eigenvalue weighted by Crippen LogP contribution is 2.00. The predicted molar refractivity (Wildman–Crippen MR) is 35.0 cm³/mol. The molecule has 0 aliphatic carbocycles. The van der Waals surface area contributed by atoms with Gasteiger partial charge in [-0.2, -0.15) is 0 Å². The molecule has 0 bridgehead atoms. The van der Waals surface area contributed by atoms with Gasteiger partial charge in [-0.05, 0) is 0 Å². The summed E-state index contributed by atoms with van der Waals surface area (Å²) in [5.74, 6) is 0.531. The fraction of sp³-hybridized carbons (Fsp3) is 0.800. The van der Waals surface area contributed by atoms with Gasteiger partial charge in [0.2, 0.25) is 5.90 Å². The predicted octanol–water partition coefficient (Wildman–Crippen LogP) is 0.0148. The van der Waals surface area contributed by atoms with Crippen LogP contribution in [-0.4, -0.2) is 36.1 Å². The van der Waals surface area contributed by atoms with Gasteiger partial charge in [0, 0.05) is 0 Å². The number of hydrogen-bond donors (Lipinski definition) is 1. The minimum absolute atomic E-state index is 0.152. The molecule has 1 N–H and O–H groups in total. The third-order valence-electron chi connectivity index (χ3n) is 1.04. The Morgan fingerprint density at radius 3 is 3.11 bits per heavy atom. The van der Waals surface area contributed by atoms with Gasteiger partial charge in [-0.15, -0.1) is 11.6 Å². The average molecular weight is 150 g/mol. The molecule has 3 nitrogen and oxygen atoms in total. The minimum atomic E-state index is -0.714. The summed E-state index contributed by atoms with van der Waals surface area (Å²) in [5.41, 5.74) is 0. The van der Waals surface area contributed by atoms with Gasteiger partial charge >= 0.3 is 0 Å². The first-order chi connectivity index (χ1) is 4.34. The van der Waals surface area contributed by atoms with E-state index in [1.54, 1.807) is 0 Å². The van der Waals surface area contributed by atoms with E-state index in [-0.39, 0.29) is 5.88 Å².